The second-order valence-corrected chi connectivity index (χ2v) is 7.25. The van der Waals surface area contributed by atoms with E-state index in [0.29, 0.717) is 4.47 Å². The van der Waals surface area contributed by atoms with Crippen molar-refractivity contribution in [3.63, 3.8) is 0 Å². The fraction of sp³-hybridized carbons (Fsp3) is 0.143. The number of ether oxygens (including phenoxy) is 1. The highest BCUT2D eigenvalue weighted by atomic mass is 79.9. The van der Waals surface area contributed by atoms with Gasteiger partial charge in [0.25, 0.3) is 0 Å². The lowest BCUT2D eigenvalue weighted by molar-refractivity contribution is 0.385. The summed E-state index contributed by atoms with van der Waals surface area (Å²) in [6.07, 6.45) is 0. The Labute approximate surface area is 130 Å². The standard InChI is InChI=1S/C14H13BrFNO3S/c1-20-12-4-2-3-9(14(12)16)8-21(18,19)13-6-5-10(15)7-11(13)17/h2-7H,8,17H2,1H3. The van der Waals surface area contributed by atoms with E-state index in [-0.39, 0.29) is 21.9 Å². The first-order valence-corrected chi connectivity index (χ1v) is 8.39. The van der Waals surface area contributed by atoms with Gasteiger partial charge in [0.2, 0.25) is 0 Å². The molecule has 0 aromatic heterocycles. The Kier molecular flexibility index (Phi) is 4.53. The molecule has 0 saturated carbocycles. The smallest absolute Gasteiger partial charge is 0.184 e. The third-order valence-electron chi connectivity index (χ3n) is 2.92. The van der Waals surface area contributed by atoms with E-state index in [4.69, 9.17) is 10.5 Å². The SMILES string of the molecule is COc1cccc(CS(=O)(=O)c2ccc(Br)cc2N)c1F. The predicted molar refractivity (Wildman–Crippen MR) is 82.4 cm³/mol. The van der Waals surface area contributed by atoms with Crippen LogP contribution in [0.4, 0.5) is 10.1 Å². The molecule has 2 N–H and O–H groups in total. The molecule has 2 aromatic rings. The molecule has 0 radical (unpaired) electrons. The van der Waals surface area contributed by atoms with Crippen molar-refractivity contribution < 1.29 is 17.5 Å². The summed E-state index contributed by atoms with van der Waals surface area (Å²) in [6.45, 7) is 0. The molecule has 0 fully saturated rings. The van der Waals surface area contributed by atoms with Gasteiger partial charge in [0.05, 0.1) is 23.4 Å². The monoisotopic (exact) mass is 373 g/mol. The van der Waals surface area contributed by atoms with Crippen LogP contribution in [-0.4, -0.2) is 15.5 Å². The van der Waals surface area contributed by atoms with Gasteiger partial charge in [0, 0.05) is 10.0 Å². The number of hydrogen-bond acceptors (Lipinski definition) is 4. The summed E-state index contributed by atoms with van der Waals surface area (Å²) < 4.78 is 44.3. The normalized spacial score (nSPS) is 11.4. The maximum atomic E-state index is 14.1. The van der Waals surface area contributed by atoms with Crippen LogP contribution in [0.1, 0.15) is 5.56 Å². The van der Waals surface area contributed by atoms with Gasteiger partial charge in [0.1, 0.15) is 0 Å². The zero-order valence-electron chi connectivity index (χ0n) is 11.1. The van der Waals surface area contributed by atoms with E-state index in [1.807, 2.05) is 0 Å². The number of halogens is 2. The first-order valence-electron chi connectivity index (χ1n) is 5.94. The molecule has 0 bridgehead atoms. The van der Waals surface area contributed by atoms with Crippen molar-refractivity contribution in [2.24, 2.45) is 0 Å². The summed E-state index contributed by atoms with van der Waals surface area (Å²) in [5, 5.41) is 0. The summed E-state index contributed by atoms with van der Waals surface area (Å²) >= 11 is 3.21. The molecule has 0 saturated heterocycles. The zero-order valence-corrected chi connectivity index (χ0v) is 13.5. The van der Waals surface area contributed by atoms with Crippen LogP contribution >= 0.6 is 15.9 Å². The van der Waals surface area contributed by atoms with E-state index in [9.17, 15) is 12.8 Å². The van der Waals surface area contributed by atoms with Crippen molar-refractivity contribution >= 4 is 31.5 Å². The van der Waals surface area contributed by atoms with Crippen LogP contribution in [0.2, 0.25) is 0 Å². The number of sulfone groups is 1. The van der Waals surface area contributed by atoms with Crippen molar-refractivity contribution in [3.05, 3.63) is 52.3 Å². The third-order valence-corrected chi connectivity index (χ3v) is 5.14. The topological polar surface area (TPSA) is 69.4 Å². The van der Waals surface area contributed by atoms with Crippen LogP contribution in [0.25, 0.3) is 0 Å². The third kappa shape index (κ3) is 3.36. The second kappa shape index (κ2) is 6.03. The molecule has 2 rings (SSSR count). The van der Waals surface area contributed by atoms with Crippen LogP contribution < -0.4 is 10.5 Å². The minimum Gasteiger partial charge on any atom is -0.494 e. The summed E-state index contributed by atoms with van der Waals surface area (Å²) in [7, 11) is -2.43. The first-order chi connectivity index (χ1) is 9.85. The zero-order chi connectivity index (χ0) is 15.6. The average molecular weight is 374 g/mol. The largest absolute Gasteiger partial charge is 0.494 e. The van der Waals surface area contributed by atoms with E-state index in [1.54, 1.807) is 6.07 Å². The molecule has 112 valence electrons. The minimum atomic E-state index is -3.75. The fourth-order valence-electron chi connectivity index (χ4n) is 1.91. The van der Waals surface area contributed by atoms with E-state index in [1.165, 1.54) is 37.4 Å². The number of hydrogen-bond donors (Lipinski definition) is 1. The van der Waals surface area contributed by atoms with Gasteiger partial charge in [0.15, 0.2) is 21.4 Å². The van der Waals surface area contributed by atoms with Gasteiger partial charge in [-0.25, -0.2) is 12.8 Å². The van der Waals surface area contributed by atoms with Crippen LogP contribution in [0.3, 0.4) is 0 Å². The molecular formula is C14H13BrFNO3S. The first kappa shape index (κ1) is 15.8. The average Bonchev–Trinajstić information content (AvgIpc) is 2.40. The molecule has 4 nitrogen and oxygen atoms in total. The Morgan fingerprint density at radius 1 is 1.29 bits per heavy atom. The van der Waals surface area contributed by atoms with Crippen molar-refractivity contribution in [2.45, 2.75) is 10.6 Å². The molecule has 0 aliphatic rings. The van der Waals surface area contributed by atoms with Crippen LogP contribution in [0, 0.1) is 5.82 Å². The molecule has 0 amide bonds. The molecule has 0 spiro atoms. The number of rotatable bonds is 4. The molecule has 0 unspecified atom stereocenters. The molecule has 7 heteroatoms. The molecule has 0 aliphatic carbocycles. The Bertz CT molecular complexity index is 778. The van der Waals surface area contributed by atoms with E-state index in [0.717, 1.165) is 0 Å². The summed E-state index contributed by atoms with van der Waals surface area (Å²) in [5.74, 6) is -1.16. The fourth-order valence-corrected chi connectivity index (χ4v) is 3.77. The Morgan fingerprint density at radius 3 is 2.62 bits per heavy atom. The lowest BCUT2D eigenvalue weighted by atomic mass is 10.2. The molecule has 0 atom stereocenters. The highest BCUT2D eigenvalue weighted by Gasteiger charge is 2.21. The quantitative estimate of drug-likeness (QED) is 0.835. The minimum absolute atomic E-state index is 0.00600. The second-order valence-electron chi connectivity index (χ2n) is 4.37. The Balaban J connectivity index is 2.42. The number of nitrogen functional groups attached to an aromatic ring is 1. The lowest BCUT2D eigenvalue weighted by Gasteiger charge is -2.10. The van der Waals surface area contributed by atoms with Gasteiger partial charge in [-0.1, -0.05) is 28.1 Å². The Hall–Kier alpha value is -1.60. The van der Waals surface area contributed by atoms with Gasteiger partial charge in [-0.05, 0) is 24.3 Å². The maximum Gasteiger partial charge on any atom is 0.184 e. The molecule has 21 heavy (non-hydrogen) atoms. The number of benzene rings is 2. The molecule has 0 heterocycles. The Morgan fingerprint density at radius 2 is 2.00 bits per heavy atom. The van der Waals surface area contributed by atoms with Crippen molar-refractivity contribution in [1.82, 2.24) is 0 Å². The van der Waals surface area contributed by atoms with Crippen molar-refractivity contribution in [1.29, 1.82) is 0 Å². The predicted octanol–water partition coefficient (Wildman–Crippen LogP) is 3.15. The summed E-state index contributed by atoms with van der Waals surface area (Å²) in [5.41, 5.74) is 5.88. The highest BCUT2D eigenvalue weighted by Crippen LogP contribution is 2.28. The summed E-state index contributed by atoms with van der Waals surface area (Å²) in [6, 6.07) is 8.84. The van der Waals surface area contributed by atoms with Crippen LogP contribution in [-0.2, 0) is 15.6 Å². The van der Waals surface area contributed by atoms with Gasteiger partial charge in [-0.3, -0.25) is 0 Å². The van der Waals surface area contributed by atoms with E-state index in [2.05, 4.69) is 15.9 Å². The van der Waals surface area contributed by atoms with Crippen molar-refractivity contribution in [3.8, 4) is 5.75 Å². The maximum absolute atomic E-state index is 14.1. The summed E-state index contributed by atoms with van der Waals surface area (Å²) in [4.78, 5) is -0.0204. The molecule has 0 aliphatic heterocycles. The lowest BCUT2D eigenvalue weighted by Crippen LogP contribution is -2.09. The van der Waals surface area contributed by atoms with Crippen molar-refractivity contribution in [2.75, 3.05) is 12.8 Å². The van der Waals surface area contributed by atoms with Gasteiger partial charge in [-0.15, -0.1) is 0 Å². The van der Waals surface area contributed by atoms with Crippen LogP contribution in [0.5, 0.6) is 5.75 Å². The number of methoxy groups -OCH3 is 1. The van der Waals surface area contributed by atoms with Gasteiger partial charge >= 0.3 is 0 Å². The van der Waals surface area contributed by atoms with Crippen LogP contribution in [0.15, 0.2) is 45.8 Å². The molecule has 2 aromatic carbocycles. The highest BCUT2D eigenvalue weighted by molar-refractivity contribution is 9.10. The molecular weight excluding hydrogens is 361 g/mol. The van der Waals surface area contributed by atoms with E-state index < -0.39 is 21.4 Å². The van der Waals surface area contributed by atoms with E-state index >= 15 is 0 Å². The van der Waals surface area contributed by atoms with Gasteiger partial charge < -0.3 is 10.5 Å². The van der Waals surface area contributed by atoms with Gasteiger partial charge in [-0.2, -0.15) is 0 Å². The number of anilines is 1. The number of nitrogens with two attached hydrogens (primary N) is 1.